The number of nitriles is 1. The summed E-state index contributed by atoms with van der Waals surface area (Å²) in [5, 5.41) is 19.9. The lowest BCUT2D eigenvalue weighted by Crippen LogP contribution is -2.43. The first-order valence-corrected chi connectivity index (χ1v) is 12.4. The normalized spacial score (nSPS) is 23.6. The summed E-state index contributed by atoms with van der Waals surface area (Å²) in [6, 6.07) is 2.07. The fourth-order valence-corrected chi connectivity index (χ4v) is 6.11. The van der Waals surface area contributed by atoms with Crippen LogP contribution in [0.1, 0.15) is 75.7 Å². The minimum atomic E-state index is -0.970. The average molecular weight is 473 g/mol. The van der Waals surface area contributed by atoms with E-state index in [1.165, 1.54) is 4.88 Å². The molecule has 1 amide bonds. The number of rotatable bonds is 5. The zero-order valence-electron chi connectivity index (χ0n) is 19.7. The van der Waals surface area contributed by atoms with Gasteiger partial charge in [-0.25, -0.2) is 14.8 Å². The van der Waals surface area contributed by atoms with E-state index in [0.29, 0.717) is 12.3 Å². The number of carbonyl (C=O) groups is 1. The second-order valence-electron chi connectivity index (χ2n) is 10.1. The highest BCUT2D eigenvalue weighted by Crippen LogP contribution is 2.47. The fourth-order valence-electron chi connectivity index (χ4n) is 4.88. The van der Waals surface area contributed by atoms with Crippen LogP contribution in [0.3, 0.4) is 0 Å². The third kappa shape index (κ3) is 5.22. The number of fused-ring (bicyclic) bond motifs is 3. The topological polar surface area (TPSA) is 109 Å². The summed E-state index contributed by atoms with van der Waals surface area (Å²) in [4.78, 5) is 25.2. The molecule has 0 aromatic carbocycles. The van der Waals surface area contributed by atoms with Crippen LogP contribution in [0.25, 0.3) is 10.2 Å². The van der Waals surface area contributed by atoms with Crippen LogP contribution in [-0.2, 0) is 11.2 Å². The molecule has 0 radical (unpaired) electrons. The van der Waals surface area contributed by atoms with E-state index in [4.69, 9.17) is 14.7 Å². The molecule has 0 aliphatic heterocycles. The first-order chi connectivity index (χ1) is 15.7. The second kappa shape index (κ2) is 9.43. The molecule has 1 saturated carbocycles. The Balaban J connectivity index is 1.45. The highest BCUT2D eigenvalue weighted by atomic mass is 32.1. The zero-order valence-corrected chi connectivity index (χ0v) is 20.5. The van der Waals surface area contributed by atoms with Crippen LogP contribution in [-0.4, -0.2) is 57.0 Å². The summed E-state index contributed by atoms with van der Waals surface area (Å²) in [5.74, 6) is 0.717. The molecule has 1 N–H and O–H groups in total. The van der Waals surface area contributed by atoms with Gasteiger partial charge in [0.1, 0.15) is 29.0 Å². The van der Waals surface area contributed by atoms with Crippen LogP contribution in [0.15, 0.2) is 6.33 Å². The van der Waals surface area contributed by atoms with Gasteiger partial charge >= 0.3 is 6.09 Å². The zero-order chi connectivity index (χ0) is 23.8. The number of ether oxygens (including phenoxy) is 2. The number of hydrogen-bond acceptors (Lipinski definition) is 8. The van der Waals surface area contributed by atoms with Crippen molar-refractivity contribution in [2.24, 2.45) is 0 Å². The fraction of sp³-hybridized carbons (Fsp3) is 0.667. The van der Waals surface area contributed by atoms with E-state index in [0.717, 1.165) is 54.3 Å². The Labute approximate surface area is 198 Å². The Kier molecular flexibility index (Phi) is 6.78. The number of amides is 1. The summed E-state index contributed by atoms with van der Waals surface area (Å²) in [7, 11) is 1.80. The SMILES string of the molecule is CN(C(=O)OC(C)(C)C)C1CCC(Oc2ncnc3sc4c(c23)[C@@H](CC(O)C#N)CC4)CC1. The summed E-state index contributed by atoms with van der Waals surface area (Å²) in [6.45, 7) is 5.62. The van der Waals surface area contributed by atoms with E-state index in [1.54, 1.807) is 29.6 Å². The lowest BCUT2D eigenvalue weighted by molar-refractivity contribution is 0.0137. The molecule has 0 saturated heterocycles. The Morgan fingerprint density at radius 1 is 1.30 bits per heavy atom. The number of aryl methyl sites for hydroxylation is 1. The molecule has 9 heteroatoms. The van der Waals surface area contributed by atoms with Crippen molar-refractivity contribution in [1.82, 2.24) is 14.9 Å². The summed E-state index contributed by atoms with van der Waals surface area (Å²) in [6.07, 6.45) is 5.92. The lowest BCUT2D eigenvalue weighted by Gasteiger charge is -2.35. The van der Waals surface area contributed by atoms with Crippen molar-refractivity contribution in [2.75, 3.05) is 7.05 Å². The number of nitrogens with zero attached hydrogens (tertiary/aromatic N) is 4. The maximum Gasteiger partial charge on any atom is 0.410 e. The van der Waals surface area contributed by atoms with Gasteiger partial charge in [0.25, 0.3) is 0 Å². The molecule has 0 bridgehead atoms. The molecule has 178 valence electrons. The molecule has 2 aliphatic carbocycles. The van der Waals surface area contributed by atoms with Gasteiger partial charge in [-0.2, -0.15) is 5.26 Å². The van der Waals surface area contributed by atoms with Crippen molar-refractivity contribution in [3.63, 3.8) is 0 Å². The van der Waals surface area contributed by atoms with Crippen molar-refractivity contribution in [3.05, 3.63) is 16.8 Å². The first kappa shape index (κ1) is 23.7. The first-order valence-electron chi connectivity index (χ1n) is 11.6. The van der Waals surface area contributed by atoms with Crippen molar-refractivity contribution < 1.29 is 19.4 Å². The van der Waals surface area contributed by atoms with E-state index in [1.807, 2.05) is 26.8 Å². The molecule has 2 heterocycles. The molecule has 4 rings (SSSR count). The number of hydrogen-bond donors (Lipinski definition) is 1. The molecule has 1 unspecified atom stereocenters. The van der Waals surface area contributed by atoms with Gasteiger partial charge in [-0.15, -0.1) is 11.3 Å². The van der Waals surface area contributed by atoms with Crippen molar-refractivity contribution in [3.8, 4) is 11.9 Å². The van der Waals surface area contributed by atoms with Gasteiger partial charge in [0.2, 0.25) is 5.88 Å². The van der Waals surface area contributed by atoms with E-state index >= 15 is 0 Å². The lowest BCUT2D eigenvalue weighted by atomic mass is 9.92. The Hall–Kier alpha value is -2.44. The van der Waals surface area contributed by atoms with Crippen LogP contribution < -0.4 is 4.74 Å². The van der Waals surface area contributed by atoms with Crippen LogP contribution >= 0.6 is 11.3 Å². The molecule has 1 fully saturated rings. The van der Waals surface area contributed by atoms with E-state index in [9.17, 15) is 9.90 Å². The summed E-state index contributed by atoms with van der Waals surface area (Å²) in [5.41, 5.74) is 0.643. The molecule has 33 heavy (non-hydrogen) atoms. The van der Waals surface area contributed by atoms with Gasteiger partial charge in [0.15, 0.2) is 0 Å². The minimum absolute atomic E-state index is 0.0199. The molecule has 0 spiro atoms. The number of carbonyl (C=O) groups excluding carboxylic acids is 1. The van der Waals surface area contributed by atoms with Crippen molar-refractivity contribution >= 4 is 27.6 Å². The van der Waals surface area contributed by atoms with Crippen molar-refractivity contribution in [1.29, 1.82) is 5.26 Å². The molecule has 2 aromatic rings. The van der Waals surface area contributed by atoms with Crippen LogP contribution in [0.5, 0.6) is 5.88 Å². The van der Waals surface area contributed by atoms with Crippen LogP contribution in [0.4, 0.5) is 4.79 Å². The Bertz CT molecular complexity index is 1050. The van der Waals surface area contributed by atoms with Gasteiger partial charge in [-0.1, -0.05) is 0 Å². The highest BCUT2D eigenvalue weighted by Gasteiger charge is 2.33. The molecule has 2 atom stereocenters. The predicted molar refractivity (Wildman–Crippen MR) is 125 cm³/mol. The molecule has 8 nitrogen and oxygen atoms in total. The van der Waals surface area contributed by atoms with E-state index < -0.39 is 11.7 Å². The second-order valence-corrected chi connectivity index (χ2v) is 11.1. The maximum atomic E-state index is 12.4. The van der Waals surface area contributed by atoms with E-state index in [-0.39, 0.29) is 24.2 Å². The summed E-state index contributed by atoms with van der Waals surface area (Å²) >= 11 is 1.66. The smallest absolute Gasteiger partial charge is 0.410 e. The average Bonchev–Trinajstić information content (AvgIpc) is 3.32. The number of thiophene rings is 1. The summed E-state index contributed by atoms with van der Waals surface area (Å²) < 4.78 is 11.9. The number of aliphatic hydroxyl groups is 1. The predicted octanol–water partition coefficient (Wildman–Crippen LogP) is 4.55. The third-order valence-corrected chi connectivity index (χ3v) is 7.68. The van der Waals surface area contributed by atoms with Crippen LogP contribution in [0, 0.1) is 11.3 Å². The van der Waals surface area contributed by atoms with E-state index in [2.05, 4.69) is 9.97 Å². The van der Waals surface area contributed by atoms with Gasteiger partial charge in [-0.05, 0) is 77.2 Å². The molecular weight excluding hydrogens is 440 g/mol. The quantitative estimate of drug-likeness (QED) is 0.636. The van der Waals surface area contributed by atoms with Gasteiger partial charge < -0.3 is 19.5 Å². The number of aromatic nitrogens is 2. The third-order valence-electron chi connectivity index (χ3n) is 6.50. The van der Waals surface area contributed by atoms with Crippen molar-refractivity contribution in [2.45, 2.75) is 95.5 Å². The Morgan fingerprint density at radius 2 is 2.03 bits per heavy atom. The standard InChI is InChI=1S/C24H32N4O4S/c1-24(2,3)32-23(30)28(4)15-6-8-17(9-7-15)31-21-20-19-14(11-16(29)12-25)5-10-18(19)33-22(20)27-13-26-21/h13-17,29H,5-11H2,1-4H3/t14-,15?,16?,17?/m1/s1. The largest absolute Gasteiger partial charge is 0.474 e. The minimum Gasteiger partial charge on any atom is -0.474 e. The highest BCUT2D eigenvalue weighted by molar-refractivity contribution is 7.19. The monoisotopic (exact) mass is 472 g/mol. The Morgan fingerprint density at radius 3 is 2.70 bits per heavy atom. The van der Waals surface area contributed by atoms with Gasteiger partial charge in [-0.3, -0.25) is 0 Å². The van der Waals surface area contributed by atoms with Gasteiger partial charge in [0, 0.05) is 18.0 Å². The van der Waals surface area contributed by atoms with Gasteiger partial charge in [0.05, 0.1) is 11.5 Å². The molecule has 2 aromatic heterocycles. The molecule has 2 aliphatic rings. The molecular formula is C24H32N4O4S. The number of aliphatic hydroxyl groups excluding tert-OH is 1. The maximum absolute atomic E-state index is 12.4. The van der Waals surface area contributed by atoms with Crippen LogP contribution in [0.2, 0.25) is 0 Å².